The van der Waals surface area contributed by atoms with Crippen LogP contribution in [0.4, 0.5) is 5.82 Å². The molecule has 0 bridgehead atoms. The van der Waals surface area contributed by atoms with E-state index in [1.807, 2.05) is 30.5 Å². The minimum Gasteiger partial charge on any atom is -0.309 e. The maximum Gasteiger partial charge on any atom is 0.224 e. The van der Waals surface area contributed by atoms with Crippen LogP contribution in [0.3, 0.4) is 0 Å². The van der Waals surface area contributed by atoms with Crippen LogP contribution in [0.25, 0.3) is 11.4 Å². The molecule has 4 rings (SSSR count). The molecule has 0 amide bonds. The summed E-state index contributed by atoms with van der Waals surface area (Å²) >= 11 is 6.39. The zero-order valence-corrected chi connectivity index (χ0v) is 15.6. The molecular weight excluding hydrogens is 346 g/mol. The number of nitrogens with zero attached hydrogens (tertiary/aromatic N) is 4. The zero-order valence-electron chi connectivity index (χ0n) is 14.9. The molecule has 1 unspecified atom stereocenters. The van der Waals surface area contributed by atoms with Gasteiger partial charge in [0.05, 0.1) is 11.1 Å². The average molecular weight is 368 g/mol. The average Bonchev–Trinajstić information content (AvgIpc) is 2.97. The van der Waals surface area contributed by atoms with Crippen molar-refractivity contribution >= 4 is 29.6 Å². The van der Waals surface area contributed by atoms with Gasteiger partial charge in [0.25, 0.3) is 0 Å². The minimum absolute atomic E-state index is 0.154. The van der Waals surface area contributed by atoms with Crippen molar-refractivity contribution in [2.24, 2.45) is 9.98 Å². The number of anilines is 1. The second-order valence-electron chi connectivity index (χ2n) is 6.69. The normalized spacial score (nSPS) is 19.0. The van der Waals surface area contributed by atoms with Gasteiger partial charge in [0, 0.05) is 23.0 Å². The van der Waals surface area contributed by atoms with Gasteiger partial charge < -0.3 is 5.32 Å². The Balaban J connectivity index is 1.77. The molecule has 2 aromatic rings. The fourth-order valence-corrected chi connectivity index (χ4v) is 3.61. The van der Waals surface area contributed by atoms with E-state index >= 15 is 0 Å². The third-order valence-corrected chi connectivity index (χ3v) is 5.18. The molecule has 5 nitrogen and oxygen atoms in total. The Bertz CT molecular complexity index is 875. The molecule has 0 fully saturated rings. The summed E-state index contributed by atoms with van der Waals surface area (Å²) in [4.78, 5) is 18.7. The predicted molar refractivity (Wildman–Crippen MR) is 107 cm³/mol. The molecule has 1 aliphatic heterocycles. The maximum atomic E-state index is 6.39. The largest absolute Gasteiger partial charge is 0.309 e. The van der Waals surface area contributed by atoms with Crippen LogP contribution in [-0.2, 0) is 12.8 Å². The molecule has 134 valence electrons. The van der Waals surface area contributed by atoms with Gasteiger partial charge in [-0.1, -0.05) is 37.1 Å². The molecule has 1 aliphatic carbocycles. The van der Waals surface area contributed by atoms with Crippen molar-refractivity contribution < 1.29 is 0 Å². The van der Waals surface area contributed by atoms with Crippen LogP contribution in [0, 0.1) is 0 Å². The third-order valence-electron chi connectivity index (χ3n) is 4.85. The molecule has 1 aromatic carbocycles. The molecule has 1 aromatic heterocycles. The summed E-state index contributed by atoms with van der Waals surface area (Å²) in [6.07, 6.45) is 8.31. The lowest BCUT2D eigenvalue weighted by molar-refractivity contribution is 0.709. The lowest BCUT2D eigenvalue weighted by atomic mass is 10.1. The highest BCUT2D eigenvalue weighted by Crippen LogP contribution is 2.31. The highest BCUT2D eigenvalue weighted by Gasteiger charge is 2.20. The van der Waals surface area contributed by atoms with E-state index in [-0.39, 0.29) is 6.04 Å². The van der Waals surface area contributed by atoms with Gasteiger partial charge in [0.1, 0.15) is 5.82 Å². The van der Waals surface area contributed by atoms with Crippen molar-refractivity contribution in [3.8, 4) is 11.4 Å². The standard InChI is InChI=1S/C20H22ClN5/c1-2-13-12-22-20(23-13)26-19-15-9-4-3-5-11-17(15)24-18(25-19)14-8-6-7-10-16(14)21/h6-8,10,12-13H,2-5,9,11H2,1H3,(H,23,24,25,26). The molecule has 2 aliphatic rings. The first-order chi connectivity index (χ1) is 12.7. The Kier molecular flexibility index (Phi) is 4.98. The Morgan fingerprint density at radius 2 is 1.96 bits per heavy atom. The van der Waals surface area contributed by atoms with Gasteiger partial charge in [-0.2, -0.15) is 0 Å². The molecule has 0 spiro atoms. The van der Waals surface area contributed by atoms with Gasteiger partial charge in [-0.25, -0.2) is 20.0 Å². The van der Waals surface area contributed by atoms with E-state index < -0.39 is 0 Å². The van der Waals surface area contributed by atoms with Gasteiger partial charge >= 0.3 is 0 Å². The van der Waals surface area contributed by atoms with Crippen LogP contribution in [0.15, 0.2) is 34.3 Å². The maximum absolute atomic E-state index is 6.39. The van der Waals surface area contributed by atoms with Crippen LogP contribution in [0.5, 0.6) is 0 Å². The van der Waals surface area contributed by atoms with Crippen molar-refractivity contribution in [1.29, 1.82) is 0 Å². The third kappa shape index (κ3) is 3.49. The molecule has 1 atom stereocenters. The number of aromatic nitrogens is 2. The second kappa shape index (κ2) is 7.54. The quantitative estimate of drug-likeness (QED) is 0.800. The minimum atomic E-state index is 0.154. The van der Waals surface area contributed by atoms with Crippen molar-refractivity contribution in [3.63, 3.8) is 0 Å². The van der Waals surface area contributed by atoms with E-state index in [1.54, 1.807) is 0 Å². The van der Waals surface area contributed by atoms with E-state index in [2.05, 4.69) is 22.2 Å². The van der Waals surface area contributed by atoms with Gasteiger partial charge in [-0.15, -0.1) is 0 Å². The number of rotatable bonds is 3. The number of benzene rings is 1. The summed E-state index contributed by atoms with van der Waals surface area (Å²) in [7, 11) is 0. The summed E-state index contributed by atoms with van der Waals surface area (Å²) in [6, 6.07) is 7.86. The Morgan fingerprint density at radius 3 is 2.77 bits per heavy atom. The van der Waals surface area contributed by atoms with E-state index in [1.165, 1.54) is 12.0 Å². The predicted octanol–water partition coefficient (Wildman–Crippen LogP) is 4.70. The Labute approximate surface area is 158 Å². The molecule has 26 heavy (non-hydrogen) atoms. The molecular formula is C20H22ClN5. The molecule has 1 N–H and O–H groups in total. The monoisotopic (exact) mass is 367 g/mol. The van der Waals surface area contributed by atoms with Crippen LogP contribution < -0.4 is 5.32 Å². The van der Waals surface area contributed by atoms with Crippen molar-refractivity contribution in [1.82, 2.24) is 9.97 Å². The Hall–Kier alpha value is -2.27. The summed E-state index contributed by atoms with van der Waals surface area (Å²) in [5, 5.41) is 4.01. The van der Waals surface area contributed by atoms with E-state index in [0.29, 0.717) is 16.8 Å². The highest BCUT2D eigenvalue weighted by atomic mass is 35.5. The number of hydrogen-bond acceptors (Lipinski definition) is 5. The fourth-order valence-electron chi connectivity index (χ4n) is 3.38. The first kappa shape index (κ1) is 17.2. The van der Waals surface area contributed by atoms with Crippen LogP contribution in [-0.4, -0.2) is 28.2 Å². The lowest BCUT2D eigenvalue weighted by Crippen LogP contribution is -2.14. The second-order valence-corrected chi connectivity index (χ2v) is 7.10. The van der Waals surface area contributed by atoms with Crippen LogP contribution in [0.1, 0.15) is 43.9 Å². The van der Waals surface area contributed by atoms with Crippen LogP contribution >= 0.6 is 11.6 Å². The van der Waals surface area contributed by atoms with Gasteiger partial charge in [0.2, 0.25) is 5.96 Å². The van der Waals surface area contributed by atoms with Crippen molar-refractivity contribution in [2.45, 2.75) is 51.5 Å². The number of fused-ring (bicyclic) bond motifs is 1. The van der Waals surface area contributed by atoms with Crippen molar-refractivity contribution in [3.05, 3.63) is 40.5 Å². The topological polar surface area (TPSA) is 62.5 Å². The fraction of sp³-hybridized carbons (Fsp3) is 0.400. The van der Waals surface area contributed by atoms with Crippen LogP contribution in [0.2, 0.25) is 5.02 Å². The summed E-state index contributed by atoms with van der Waals surface area (Å²) in [5.74, 6) is 2.11. The van der Waals surface area contributed by atoms with Crippen molar-refractivity contribution in [2.75, 3.05) is 5.32 Å². The Morgan fingerprint density at radius 1 is 1.12 bits per heavy atom. The zero-order chi connectivity index (χ0) is 17.9. The number of aryl methyl sites for hydroxylation is 1. The van der Waals surface area contributed by atoms with E-state index in [4.69, 9.17) is 21.6 Å². The molecule has 2 heterocycles. The smallest absolute Gasteiger partial charge is 0.224 e. The molecule has 6 heteroatoms. The first-order valence-electron chi connectivity index (χ1n) is 9.28. The number of nitrogens with one attached hydrogen (secondary N) is 1. The first-order valence-corrected chi connectivity index (χ1v) is 9.66. The summed E-state index contributed by atoms with van der Waals surface area (Å²) < 4.78 is 0. The SMILES string of the molecule is CCC1C=NC(Nc2nc(-c3ccccc3Cl)nc3c2CCCCC3)=N1. The van der Waals surface area contributed by atoms with E-state index in [9.17, 15) is 0 Å². The van der Waals surface area contributed by atoms with E-state index in [0.717, 1.165) is 49.2 Å². The lowest BCUT2D eigenvalue weighted by Gasteiger charge is -2.14. The number of halogens is 1. The summed E-state index contributed by atoms with van der Waals surface area (Å²) in [6.45, 7) is 2.11. The van der Waals surface area contributed by atoms with Gasteiger partial charge in [-0.3, -0.25) is 0 Å². The molecule has 0 saturated heterocycles. The summed E-state index contributed by atoms with van der Waals surface area (Å²) in [5.41, 5.74) is 3.16. The number of hydrogen-bond donors (Lipinski definition) is 1. The van der Waals surface area contributed by atoms with Gasteiger partial charge in [-0.05, 0) is 44.2 Å². The molecule has 0 saturated carbocycles. The molecule has 0 radical (unpaired) electrons. The highest BCUT2D eigenvalue weighted by molar-refractivity contribution is 6.33. The number of aliphatic imine (C=N–C) groups is 2. The van der Waals surface area contributed by atoms with Gasteiger partial charge in [0.15, 0.2) is 5.82 Å². The number of guanidine groups is 1.